The zero-order valence-electron chi connectivity index (χ0n) is 21.3. The predicted octanol–water partition coefficient (Wildman–Crippen LogP) is 4.41. The summed E-state index contributed by atoms with van der Waals surface area (Å²) in [6.45, 7) is 3.67. The van der Waals surface area contributed by atoms with Crippen LogP contribution in [0.4, 0.5) is 16.2 Å². The Morgan fingerprint density at radius 1 is 1.05 bits per heavy atom. The number of benzene rings is 3. The van der Waals surface area contributed by atoms with Gasteiger partial charge in [0.1, 0.15) is 18.8 Å². The highest BCUT2D eigenvalue weighted by Crippen LogP contribution is 2.31. The number of aryl methyl sites for hydroxylation is 1. The van der Waals surface area contributed by atoms with Crippen LogP contribution in [0.5, 0.6) is 11.5 Å². The van der Waals surface area contributed by atoms with E-state index in [4.69, 9.17) is 9.47 Å². The minimum Gasteiger partial charge on any atom is -0.490 e. The van der Waals surface area contributed by atoms with E-state index in [0.29, 0.717) is 34.9 Å². The summed E-state index contributed by atoms with van der Waals surface area (Å²) in [7, 11) is 0. The van der Waals surface area contributed by atoms with E-state index in [1.165, 1.54) is 18.2 Å². The molecule has 3 aromatic carbocycles. The Hall–Kier alpha value is -5.19. The lowest BCUT2D eigenvalue weighted by atomic mass is 10.1. The van der Waals surface area contributed by atoms with Crippen molar-refractivity contribution < 1.29 is 28.8 Å². The Balaban J connectivity index is 1.45. The SMILES string of the molecule is CCOc1cc(/C=C2/NC(=O)N(CC(=O)Nc3cccc(C)c3)C2=O)ccc1OCc1cccc([N+](=O)[O-])c1. The van der Waals surface area contributed by atoms with Gasteiger partial charge in [-0.3, -0.25) is 19.7 Å². The molecule has 0 spiro atoms. The summed E-state index contributed by atoms with van der Waals surface area (Å²) in [4.78, 5) is 49.1. The number of nitrogens with zero attached hydrogens (tertiary/aromatic N) is 2. The number of nitro benzene ring substituents is 1. The molecule has 4 amide bonds. The predicted molar refractivity (Wildman–Crippen MR) is 143 cm³/mol. The number of nitrogens with one attached hydrogen (secondary N) is 2. The third-order valence-corrected chi connectivity index (χ3v) is 5.66. The van der Waals surface area contributed by atoms with E-state index in [-0.39, 0.29) is 18.0 Å². The summed E-state index contributed by atoms with van der Waals surface area (Å²) < 4.78 is 11.5. The summed E-state index contributed by atoms with van der Waals surface area (Å²) in [5.74, 6) is -0.345. The van der Waals surface area contributed by atoms with Gasteiger partial charge < -0.3 is 20.1 Å². The number of ether oxygens (including phenoxy) is 2. The highest BCUT2D eigenvalue weighted by molar-refractivity contribution is 6.16. The van der Waals surface area contributed by atoms with E-state index in [1.54, 1.807) is 55.5 Å². The minimum atomic E-state index is -0.701. The van der Waals surface area contributed by atoms with Crippen molar-refractivity contribution in [2.45, 2.75) is 20.5 Å². The van der Waals surface area contributed by atoms with E-state index >= 15 is 0 Å². The average Bonchev–Trinajstić information content (AvgIpc) is 3.15. The van der Waals surface area contributed by atoms with Crippen LogP contribution < -0.4 is 20.1 Å². The number of non-ortho nitro benzene ring substituents is 1. The first-order chi connectivity index (χ1) is 18.7. The Morgan fingerprint density at radius 3 is 2.59 bits per heavy atom. The first kappa shape index (κ1) is 26.9. The number of carbonyl (C=O) groups is 3. The van der Waals surface area contributed by atoms with Gasteiger partial charge in [-0.25, -0.2) is 9.69 Å². The van der Waals surface area contributed by atoms with Crippen LogP contribution >= 0.6 is 0 Å². The molecular weight excluding hydrogens is 504 g/mol. The number of hydrogen-bond acceptors (Lipinski definition) is 7. The molecule has 11 nitrogen and oxygen atoms in total. The highest BCUT2D eigenvalue weighted by Gasteiger charge is 2.35. The molecule has 0 atom stereocenters. The van der Waals surface area contributed by atoms with Crippen molar-refractivity contribution in [2.75, 3.05) is 18.5 Å². The molecule has 1 saturated heterocycles. The Morgan fingerprint density at radius 2 is 1.85 bits per heavy atom. The van der Waals surface area contributed by atoms with Gasteiger partial charge in [0.2, 0.25) is 5.91 Å². The Bertz CT molecular complexity index is 1470. The van der Waals surface area contributed by atoms with Crippen LogP contribution in [0.2, 0.25) is 0 Å². The van der Waals surface area contributed by atoms with Crippen molar-refractivity contribution in [1.82, 2.24) is 10.2 Å². The molecule has 1 fully saturated rings. The second kappa shape index (κ2) is 11.9. The summed E-state index contributed by atoms with van der Waals surface area (Å²) >= 11 is 0. The summed E-state index contributed by atoms with van der Waals surface area (Å²) in [5.41, 5.74) is 2.67. The Kier molecular flexibility index (Phi) is 8.20. The van der Waals surface area contributed by atoms with Gasteiger partial charge in [-0.2, -0.15) is 0 Å². The molecule has 1 aliphatic heterocycles. The second-order valence-corrected chi connectivity index (χ2v) is 8.65. The number of urea groups is 1. The standard InChI is InChI=1S/C28H26N4O7/c1-3-38-25-15-19(10-11-24(25)39-17-20-7-5-9-22(13-20)32(36)37)14-23-27(34)31(28(35)30-23)16-26(33)29-21-8-4-6-18(2)12-21/h4-15H,3,16-17H2,1-2H3,(H,29,33)(H,30,35)/b23-14+. The fraction of sp³-hybridized carbons (Fsp3) is 0.179. The molecule has 200 valence electrons. The quantitative estimate of drug-likeness (QED) is 0.171. The molecule has 11 heteroatoms. The first-order valence-electron chi connectivity index (χ1n) is 12.1. The molecule has 0 aliphatic carbocycles. The second-order valence-electron chi connectivity index (χ2n) is 8.65. The van der Waals surface area contributed by atoms with Crippen molar-refractivity contribution in [2.24, 2.45) is 0 Å². The zero-order chi connectivity index (χ0) is 27.9. The Labute approximate surface area is 224 Å². The van der Waals surface area contributed by atoms with Gasteiger partial charge in [0.05, 0.1) is 11.5 Å². The molecule has 3 aromatic rings. The molecule has 4 rings (SSSR count). The molecule has 2 N–H and O–H groups in total. The van der Waals surface area contributed by atoms with Crippen molar-refractivity contribution in [1.29, 1.82) is 0 Å². The molecule has 1 heterocycles. The van der Waals surface area contributed by atoms with Gasteiger partial charge >= 0.3 is 6.03 Å². The smallest absolute Gasteiger partial charge is 0.329 e. The lowest BCUT2D eigenvalue weighted by molar-refractivity contribution is -0.384. The zero-order valence-corrected chi connectivity index (χ0v) is 21.3. The number of rotatable bonds is 10. The van der Waals surface area contributed by atoms with E-state index in [9.17, 15) is 24.5 Å². The number of imide groups is 1. The van der Waals surface area contributed by atoms with Crippen LogP contribution in [-0.2, 0) is 16.2 Å². The molecular formula is C28H26N4O7. The average molecular weight is 531 g/mol. The molecule has 1 aliphatic rings. The molecule has 0 radical (unpaired) electrons. The largest absolute Gasteiger partial charge is 0.490 e. The van der Waals surface area contributed by atoms with Crippen LogP contribution in [0, 0.1) is 17.0 Å². The van der Waals surface area contributed by atoms with E-state index in [2.05, 4.69) is 10.6 Å². The maximum Gasteiger partial charge on any atom is 0.329 e. The van der Waals surface area contributed by atoms with Gasteiger partial charge in [-0.15, -0.1) is 0 Å². The molecule has 0 saturated carbocycles. The van der Waals surface area contributed by atoms with Crippen LogP contribution in [0.1, 0.15) is 23.6 Å². The number of nitro groups is 1. The number of amides is 4. The lowest BCUT2D eigenvalue weighted by Crippen LogP contribution is -2.38. The molecule has 0 bridgehead atoms. The monoisotopic (exact) mass is 530 g/mol. The first-order valence-corrected chi connectivity index (χ1v) is 12.1. The van der Waals surface area contributed by atoms with Gasteiger partial charge in [0.25, 0.3) is 11.6 Å². The molecule has 0 aromatic heterocycles. The van der Waals surface area contributed by atoms with E-state index in [1.807, 2.05) is 13.0 Å². The van der Waals surface area contributed by atoms with E-state index in [0.717, 1.165) is 10.5 Å². The normalized spacial score (nSPS) is 13.8. The minimum absolute atomic E-state index is 0.0102. The van der Waals surface area contributed by atoms with Crippen LogP contribution in [-0.4, -0.2) is 40.8 Å². The summed E-state index contributed by atoms with van der Waals surface area (Å²) in [6, 6.07) is 17.6. The maximum atomic E-state index is 12.9. The van der Waals surface area contributed by atoms with Gasteiger partial charge in [-0.1, -0.05) is 30.3 Å². The van der Waals surface area contributed by atoms with E-state index < -0.39 is 29.3 Å². The fourth-order valence-electron chi connectivity index (χ4n) is 3.87. The van der Waals surface area contributed by atoms with Crippen molar-refractivity contribution in [3.63, 3.8) is 0 Å². The maximum absolute atomic E-state index is 12.9. The van der Waals surface area contributed by atoms with Gasteiger partial charge in [0.15, 0.2) is 11.5 Å². The van der Waals surface area contributed by atoms with Crippen molar-refractivity contribution >= 4 is 35.3 Å². The third-order valence-electron chi connectivity index (χ3n) is 5.66. The van der Waals surface area contributed by atoms with Crippen LogP contribution in [0.15, 0.2) is 72.4 Å². The fourth-order valence-corrected chi connectivity index (χ4v) is 3.87. The van der Waals surface area contributed by atoms with Gasteiger partial charge in [0, 0.05) is 17.8 Å². The summed E-state index contributed by atoms with van der Waals surface area (Å²) in [5, 5.41) is 16.2. The van der Waals surface area contributed by atoms with Crippen LogP contribution in [0.3, 0.4) is 0 Å². The van der Waals surface area contributed by atoms with Crippen LogP contribution in [0.25, 0.3) is 6.08 Å². The number of anilines is 1. The lowest BCUT2D eigenvalue weighted by Gasteiger charge is -2.13. The number of hydrogen-bond donors (Lipinski definition) is 2. The van der Waals surface area contributed by atoms with Gasteiger partial charge in [-0.05, 0) is 60.9 Å². The number of carbonyl (C=O) groups excluding carboxylic acids is 3. The molecule has 39 heavy (non-hydrogen) atoms. The summed E-state index contributed by atoms with van der Waals surface area (Å²) in [6.07, 6.45) is 1.48. The third kappa shape index (κ3) is 6.77. The molecule has 0 unspecified atom stereocenters. The van der Waals surface area contributed by atoms with Crippen molar-refractivity contribution in [3.05, 3.63) is 99.2 Å². The highest BCUT2D eigenvalue weighted by atomic mass is 16.6. The topological polar surface area (TPSA) is 140 Å². The van der Waals surface area contributed by atoms with Crippen molar-refractivity contribution in [3.8, 4) is 11.5 Å².